The van der Waals surface area contributed by atoms with Crippen molar-refractivity contribution in [1.82, 2.24) is 0 Å². The highest BCUT2D eigenvalue weighted by molar-refractivity contribution is 6.03. The molecule has 1 aromatic rings. The summed E-state index contributed by atoms with van der Waals surface area (Å²) in [5, 5.41) is 0. The highest BCUT2D eigenvalue weighted by Crippen LogP contribution is 2.33. The van der Waals surface area contributed by atoms with Gasteiger partial charge in [-0.25, -0.2) is 0 Å². The Morgan fingerprint density at radius 2 is 2.12 bits per heavy atom. The van der Waals surface area contributed by atoms with Gasteiger partial charge in [0.2, 0.25) is 0 Å². The van der Waals surface area contributed by atoms with Crippen molar-refractivity contribution in [2.24, 2.45) is 0 Å². The predicted octanol–water partition coefficient (Wildman–Crippen LogP) is 1.78. The summed E-state index contributed by atoms with van der Waals surface area (Å²) in [6, 6.07) is 7.28. The molecule has 1 heterocycles. The van der Waals surface area contributed by atoms with Crippen LogP contribution in [0.5, 0.6) is 5.75 Å². The summed E-state index contributed by atoms with van der Waals surface area (Å²) in [5.41, 5.74) is 0.678. The number of fused-ring (bicyclic) bond motifs is 1. The lowest BCUT2D eigenvalue weighted by molar-refractivity contribution is -0.127. The van der Waals surface area contributed by atoms with Crippen molar-refractivity contribution in [3.8, 4) is 5.75 Å². The first-order valence-corrected chi connectivity index (χ1v) is 5.72. The molecule has 0 saturated heterocycles. The fraction of sp³-hybridized carbons (Fsp3) is 0.385. The van der Waals surface area contributed by atoms with Gasteiger partial charge in [-0.1, -0.05) is 19.1 Å². The molecule has 0 saturated carbocycles. The third-order valence-corrected chi connectivity index (χ3v) is 2.80. The molecule has 1 aliphatic rings. The van der Waals surface area contributed by atoms with Crippen LogP contribution in [-0.2, 0) is 9.59 Å². The fourth-order valence-electron chi connectivity index (χ4n) is 1.81. The number of Topliss-reactive ketones (excluding diaryl/α,β-unsaturated/α-hetero) is 1. The lowest BCUT2D eigenvalue weighted by Gasteiger charge is -2.32. The molecular weight excluding hydrogens is 218 g/mol. The molecule has 1 atom stereocenters. The van der Waals surface area contributed by atoms with Crippen molar-refractivity contribution < 1.29 is 14.3 Å². The minimum absolute atomic E-state index is 0.0438. The summed E-state index contributed by atoms with van der Waals surface area (Å²) in [6.07, 6.45) is -0.101. The Bertz CT molecular complexity index is 456. The fourth-order valence-corrected chi connectivity index (χ4v) is 1.81. The standard InChI is InChI=1S/C13H15NO3/c1-3-10(15)8-14-11-6-4-5-7-12(11)17-9(2)13(14)16/h4-7,9H,3,8H2,1-2H3. The summed E-state index contributed by atoms with van der Waals surface area (Å²) in [6.45, 7) is 3.62. The molecular formula is C13H15NO3. The number of ether oxygens (including phenoxy) is 1. The van der Waals surface area contributed by atoms with Gasteiger partial charge in [0.1, 0.15) is 5.75 Å². The van der Waals surface area contributed by atoms with E-state index in [-0.39, 0.29) is 18.2 Å². The predicted molar refractivity (Wildman–Crippen MR) is 64.2 cm³/mol. The molecule has 0 N–H and O–H groups in total. The average Bonchev–Trinajstić information content (AvgIpc) is 2.34. The van der Waals surface area contributed by atoms with E-state index in [0.29, 0.717) is 17.9 Å². The maximum Gasteiger partial charge on any atom is 0.268 e. The Hall–Kier alpha value is -1.84. The van der Waals surface area contributed by atoms with Crippen LogP contribution < -0.4 is 9.64 Å². The van der Waals surface area contributed by atoms with Gasteiger partial charge in [-0.2, -0.15) is 0 Å². The monoisotopic (exact) mass is 233 g/mol. The summed E-state index contributed by atoms with van der Waals surface area (Å²) in [5.74, 6) is 0.538. The molecule has 2 rings (SSSR count). The number of benzene rings is 1. The molecule has 0 bridgehead atoms. The molecule has 4 heteroatoms. The Morgan fingerprint density at radius 1 is 1.41 bits per heavy atom. The maximum atomic E-state index is 12.0. The van der Waals surface area contributed by atoms with Crippen molar-refractivity contribution >= 4 is 17.4 Å². The number of carbonyl (C=O) groups is 2. The van der Waals surface area contributed by atoms with Gasteiger partial charge in [0.15, 0.2) is 11.9 Å². The number of carbonyl (C=O) groups excluding carboxylic acids is 2. The molecule has 17 heavy (non-hydrogen) atoms. The Labute approximate surface area is 100 Å². The van der Waals surface area contributed by atoms with E-state index in [1.807, 2.05) is 18.2 Å². The Morgan fingerprint density at radius 3 is 2.82 bits per heavy atom. The number of anilines is 1. The molecule has 90 valence electrons. The van der Waals surface area contributed by atoms with Crippen LogP contribution in [0.3, 0.4) is 0 Å². The minimum Gasteiger partial charge on any atom is -0.479 e. The largest absolute Gasteiger partial charge is 0.479 e. The van der Waals surface area contributed by atoms with Gasteiger partial charge in [-0.3, -0.25) is 14.5 Å². The van der Waals surface area contributed by atoms with Gasteiger partial charge < -0.3 is 4.74 Å². The van der Waals surface area contributed by atoms with Crippen molar-refractivity contribution in [3.05, 3.63) is 24.3 Å². The number of rotatable bonds is 3. The third-order valence-electron chi connectivity index (χ3n) is 2.80. The van der Waals surface area contributed by atoms with E-state index < -0.39 is 6.10 Å². The molecule has 1 aromatic carbocycles. The number of hydrogen-bond acceptors (Lipinski definition) is 3. The van der Waals surface area contributed by atoms with Crippen molar-refractivity contribution in [1.29, 1.82) is 0 Å². The summed E-state index contributed by atoms with van der Waals surface area (Å²) < 4.78 is 5.49. The van der Waals surface area contributed by atoms with Crippen LogP contribution in [0.2, 0.25) is 0 Å². The first-order valence-electron chi connectivity index (χ1n) is 5.72. The molecule has 1 unspecified atom stereocenters. The number of ketones is 1. The zero-order chi connectivity index (χ0) is 12.4. The van der Waals surface area contributed by atoms with Crippen molar-refractivity contribution in [2.45, 2.75) is 26.4 Å². The SMILES string of the molecule is CCC(=O)CN1C(=O)C(C)Oc2ccccc21. The number of amides is 1. The molecule has 1 amide bonds. The topological polar surface area (TPSA) is 46.6 Å². The van der Waals surface area contributed by atoms with Gasteiger partial charge >= 0.3 is 0 Å². The van der Waals surface area contributed by atoms with Crippen LogP contribution in [0.15, 0.2) is 24.3 Å². The van der Waals surface area contributed by atoms with Gasteiger partial charge in [0.25, 0.3) is 5.91 Å². The second-order valence-electron chi connectivity index (χ2n) is 4.04. The highest BCUT2D eigenvalue weighted by atomic mass is 16.5. The van der Waals surface area contributed by atoms with E-state index in [4.69, 9.17) is 4.74 Å². The first kappa shape index (κ1) is 11.6. The molecule has 0 aromatic heterocycles. The number of para-hydroxylation sites is 2. The molecule has 0 aliphatic carbocycles. The van der Waals surface area contributed by atoms with Crippen LogP contribution >= 0.6 is 0 Å². The molecule has 0 fully saturated rings. The van der Waals surface area contributed by atoms with E-state index >= 15 is 0 Å². The number of hydrogen-bond donors (Lipinski definition) is 0. The first-order chi connectivity index (χ1) is 8.13. The molecule has 0 spiro atoms. The zero-order valence-electron chi connectivity index (χ0n) is 9.97. The van der Waals surface area contributed by atoms with Gasteiger partial charge in [-0.05, 0) is 19.1 Å². The second-order valence-corrected chi connectivity index (χ2v) is 4.04. The lowest BCUT2D eigenvalue weighted by atomic mass is 10.1. The summed E-state index contributed by atoms with van der Waals surface area (Å²) >= 11 is 0. The Balaban J connectivity index is 2.35. The normalized spacial score (nSPS) is 18.6. The maximum absolute atomic E-state index is 12.0. The average molecular weight is 233 g/mol. The van der Waals surface area contributed by atoms with E-state index in [1.165, 1.54) is 4.90 Å². The van der Waals surface area contributed by atoms with Crippen LogP contribution in [0, 0.1) is 0 Å². The number of nitrogens with zero attached hydrogens (tertiary/aromatic N) is 1. The van der Waals surface area contributed by atoms with Gasteiger partial charge in [-0.15, -0.1) is 0 Å². The van der Waals surface area contributed by atoms with E-state index in [0.717, 1.165) is 0 Å². The molecule has 0 radical (unpaired) electrons. The van der Waals surface area contributed by atoms with Crippen LogP contribution in [0.4, 0.5) is 5.69 Å². The minimum atomic E-state index is -0.533. The highest BCUT2D eigenvalue weighted by Gasteiger charge is 2.31. The van der Waals surface area contributed by atoms with Gasteiger partial charge in [0, 0.05) is 6.42 Å². The van der Waals surface area contributed by atoms with Crippen LogP contribution in [-0.4, -0.2) is 24.3 Å². The third kappa shape index (κ3) is 2.16. The Kier molecular flexibility index (Phi) is 3.13. The molecule has 4 nitrogen and oxygen atoms in total. The summed E-state index contributed by atoms with van der Waals surface area (Å²) in [4.78, 5) is 25.0. The quantitative estimate of drug-likeness (QED) is 0.799. The second kappa shape index (κ2) is 4.57. The van der Waals surface area contributed by atoms with Gasteiger partial charge in [0.05, 0.1) is 12.2 Å². The lowest BCUT2D eigenvalue weighted by Crippen LogP contribution is -2.46. The van der Waals surface area contributed by atoms with Crippen molar-refractivity contribution in [3.63, 3.8) is 0 Å². The van der Waals surface area contributed by atoms with Crippen LogP contribution in [0.25, 0.3) is 0 Å². The summed E-state index contributed by atoms with van der Waals surface area (Å²) in [7, 11) is 0. The van der Waals surface area contributed by atoms with E-state index in [2.05, 4.69) is 0 Å². The van der Waals surface area contributed by atoms with E-state index in [1.54, 1.807) is 19.9 Å². The molecule has 1 aliphatic heterocycles. The van der Waals surface area contributed by atoms with Crippen LogP contribution in [0.1, 0.15) is 20.3 Å². The van der Waals surface area contributed by atoms with Crippen molar-refractivity contribution in [2.75, 3.05) is 11.4 Å². The zero-order valence-corrected chi connectivity index (χ0v) is 9.97. The smallest absolute Gasteiger partial charge is 0.268 e. The van der Waals surface area contributed by atoms with E-state index in [9.17, 15) is 9.59 Å².